The molecule has 10 heteroatoms. The van der Waals surface area contributed by atoms with E-state index < -0.39 is 12.8 Å². The maximum absolute atomic E-state index is 12.7. The number of carbonyl (C=O) groups excluding carboxylic acids is 2. The first-order chi connectivity index (χ1) is 15.1. The highest BCUT2D eigenvalue weighted by Crippen LogP contribution is 2.30. The molecular formula is C22H27F3N4O3. The Hall–Kier alpha value is -3.04. The molecule has 174 valence electrons. The van der Waals surface area contributed by atoms with Crippen molar-refractivity contribution in [2.45, 2.75) is 32.5 Å². The Labute approximate surface area is 184 Å². The molecule has 32 heavy (non-hydrogen) atoms. The van der Waals surface area contributed by atoms with Crippen molar-refractivity contribution in [2.75, 3.05) is 39.1 Å². The number of anilines is 1. The molecule has 7 nitrogen and oxygen atoms in total. The summed E-state index contributed by atoms with van der Waals surface area (Å²) in [6.07, 6.45) is 2.30. The van der Waals surface area contributed by atoms with E-state index in [2.05, 4.69) is 10.3 Å². The second-order valence-electron chi connectivity index (χ2n) is 8.07. The molecule has 1 saturated carbocycles. The van der Waals surface area contributed by atoms with E-state index in [1.54, 1.807) is 49.2 Å². The number of alkyl halides is 3. The van der Waals surface area contributed by atoms with E-state index in [0.29, 0.717) is 36.0 Å². The molecule has 1 fully saturated rings. The molecule has 0 radical (unpaired) electrons. The molecule has 1 N–H and O–H groups in total. The number of hydrogen-bond acceptors (Lipinski definition) is 6. The Morgan fingerprint density at radius 1 is 1.31 bits per heavy atom. The number of nitrogens with zero attached hydrogens (tertiary/aromatic N) is 3. The molecule has 1 amide bonds. The average Bonchev–Trinajstić information content (AvgIpc) is 3.53. The number of carbonyl (C=O) groups is 2. The number of fused-ring (bicyclic) bond motifs is 1. The van der Waals surface area contributed by atoms with Gasteiger partial charge in [0.05, 0.1) is 19.6 Å². The molecule has 0 atom stereocenters. The largest absolute Gasteiger partial charge is 0.486 e. The van der Waals surface area contributed by atoms with E-state index in [0.717, 1.165) is 30.4 Å². The van der Waals surface area contributed by atoms with Crippen LogP contribution in [0.25, 0.3) is 0 Å². The van der Waals surface area contributed by atoms with Gasteiger partial charge in [-0.15, -0.1) is 0 Å². The van der Waals surface area contributed by atoms with Gasteiger partial charge in [-0.2, -0.15) is 13.2 Å². The minimum atomic E-state index is -4.37. The van der Waals surface area contributed by atoms with Crippen LogP contribution < -0.4 is 5.32 Å². The zero-order chi connectivity index (χ0) is 23.5. The monoisotopic (exact) mass is 452 g/mol. The summed E-state index contributed by atoms with van der Waals surface area (Å²) in [6, 6.07) is 1.70. The lowest BCUT2D eigenvalue weighted by molar-refractivity contribution is -0.165. The fourth-order valence-corrected chi connectivity index (χ4v) is 3.43. The van der Waals surface area contributed by atoms with Gasteiger partial charge in [0.25, 0.3) is 5.91 Å². The Morgan fingerprint density at radius 2 is 2.03 bits per heavy atom. The molecule has 0 aromatic carbocycles. The van der Waals surface area contributed by atoms with Crippen LogP contribution in [-0.2, 0) is 16.1 Å². The van der Waals surface area contributed by atoms with Gasteiger partial charge < -0.3 is 24.6 Å². The minimum Gasteiger partial charge on any atom is -0.486 e. The molecule has 1 aliphatic carbocycles. The van der Waals surface area contributed by atoms with Crippen molar-refractivity contribution in [1.82, 2.24) is 14.8 Å². The van der Waals surface area contributed by atoms with Crippen molar-refractivity contribution in [1.29, 1.82) is 0 Å². The Balaban J connectivity index is 0.000000509. The zero-order valence-corrected chi connectivity index (χ0v) is 18.3. The maximum Gasteiger partial charge on any atom is 0.422 e. The smallest absolute Gasteiger partial charge is 0.422 e. The number of hydrogen-bond donors (Lipinski definition) is 1. The molecule has 4 rings (SSSR count). The molecular weight excluding hydrogens is 425 g/mol. The van der Waals surface area contributed by atoms with Gasteiger partial charge in [-0.05, 0) is 37.5 Å². The van der Waals surface area contributed by atoms with Crippen LogP contribution in [0.3, 0.4) is 0 Å². The van der Waals surface area contributed by atoms with Crippen molar-refractivity contribution in [3.8, 4) is 0 Å². The van der Waals surface area contributed by atoms with Gasteiger partial charge in [0, 0.05) is 43.0 Å². The van der Waals surface area contributed by atoms with Crippen LogP contribution in [0.15, 0.2) is 35.4 Å². The van der Waals surface area contributed by atoms with Gasteiger partial charge in [0.15, 0.2) is 6.61 Å². The predicted octanol–water partition coefficient (Wildman–Crippen LogP) is 3.36. The second-order valence-corrected chi connectivity index (χ2v) is 8.07. The first-order valence-electron chi connectivity index (χ1n) is 10.3. The summed E-state index contributed by atoms with van der Waals surface area (Å²) < 4.78 is 42.1. The van der Waals surface area contributed by atoms with Crippen LogP contribution in [0.5, 0.6) is 0 Å². The molecule has 0 unspecified atom stereocenters. The quantitative estimate of drug-likeness (QED) is 0.668. The lowest BCUT2D eigenvalue weighted by Gasteiger charge is -2.31. The van der Waals surface area contributed by atoms with E-state index in [9.17, 15) is 22.8 Å². The summed E-state index contributed by atoms with van der Waals surface area (Å²) in [4.78, 5) is 30.0. The zero-order valence-electron chi connectivity index (χ0n) is 18.3. The minimum absolute atomic E-state index is 0.0843. The SMILES string of the molecule is CNc1nccc2c1CN(CC1=CC(C)=C(OCC(F)(F)F)CN1C)C2=O.O=CC1CC1. The summed E-state index contributed by atoms with van der Waals surface area (Å²) in [5.41, 5.74) is 2.95. The predicted molar refractivity (Wildman–Crippen MR) is 113 cm³/mol. The number of aldehydes is 1. The van der Waals surface area contributed by atoms with Crippen molar-refractivity contribution in [3.63, 3.8) is 0 Å². The summed E-state index contributed by atoms with van der Waals surface area (Å²) in [6.45, 7) is 1.42. The van der Waals surface area contributed by atoms with Gasteiger partial charge in [0.2, 0.25) is 0 Å². The van der Waals surface area contributed by atoms with Crippen molar-refractivity contribution < 1.29 is 27.5 Å². The van der Waals surface area contributed by atoms with Crippen LogP contribution in [0.1, 0.15) is 35.7 Å². The number of pyridine rings is 1. The lowest BCUT2D eigenvalue weighted by Crippen LogP contribution is -2.35. The number of allylic oxidation sites excluding steroid dienone is 2. The average molecular weight is 452 g/mol. The van der Waals surface area contributed by atoms with Crippen LogP contribution in [0.4, 0.5) is 19.0 Å². The number of aromatic nitrogens is 1. The summed E-state index contributed by atoms with van der Waals surface area (Å²) >= 11 is 0. The molecule has 0 bridgehead atoms. The lowest BCUT2D eigenvalue weighted by atomic mass is 10.1. The highest BCUT2D eigenvalue weighted by molar-refractivity contribution is 5.99. The number of likely N-dealkylation sites (N-methyl/N-ethyl adjacent to an activating group) is 1. The van der Waals surface area contributed by atoms with Crippen LogP contribution in [-0.4, -0.2) is 66.9 Å². The van der Waals surface area contributed by atoms with Gasteiger partial charge in [-0.3, -0.25) is 4.79 Å². The van der Waals surface area contributed by atoms with Gasteiger partial charge in [-0.1, -0.05) is 0 Å². The fourth-order valence-electron chi connectivity index (χ4n) is 3.43. The highest BCUT2D eigenvalue weighted by atomic mass is 19.4. The topological polar surface area (TPSA) is 74.8 Å². The number of halogens is 3. The van der Waals surface area contributed by atoms with E-state index in [-0.39, 0.29) is 18.2 Å². The van der Waals surface area contributed by atoms with Crippen molar-refractivity contribution in [2.24, 2.45) is 5.92 Å². The van der Waals surface area contributed by atoms with Crippen LogP contribution in [0, 0.1) is 5.92 Å². The standard InChI is InChI=1S/C18H21F3N4O2.C4H6O/c1-11-6-12(24(3)9-15(11)27-10-18(19,20)21)7-25-8-14-13(17(25)26)4-5-23-16(14)22-2;5-3-4-1-2-4/h4-6H,7-10H2,1-3H3,(H,22,23);3-4H,1-2H2. The number of nitrogens with one attached hydrogen (secondary N) is 1. The first-order valence-corrected chi connectivity index (χ1v) is 10.3. The molecule has 1 aromatic rings. The second kappa shape index (κ2) is 9.62. The molecule has 3 heterocycles. The van der Waals surface area contributed by atoms with Crippen LogP contribution >= 0.6 is 0 Å². The Kier molecular flexibility index (Phi) is 7.10. The number of ether oxygens (including phenoxy) is 1. The summed E-state index contributed by atoms with van der Waals surface area (Å²) in [5, 5.41) is 2.99. The molecule has 0 saturated heterocycles. The van der Waals surface area contributed by atoms with Crippen molar-refractivity contribution in [3.05, 3.63) is 46.5 Å². The van der Waals surface area contributed by atoms with Gasteiger partial charge in [-0.25, -0.2) is 4.98 Å². The highest BCUT2D eigenvalue weighted by Gasteiger charge is 2.32. The Morgan fingerprint density at radius 3 is 2.59 bits per heavy atom. The van der Waals surface area contributed by atoms with Gasteiger partial charge >= 0.3 is 6.18 Å². The maximum atomic E-state index is 12.7. The van der Waals surface area contributed by atoms with Crippen molar-refractivity contribution >= 4 is 18.0 Å². The van der Waals surface area contributed by atoms with E-state index in [4.69, 9.17) is 4.74 Å². The number of amides is 1. The van der Waals surface area contributed by atoms with Gasteiger partial charge in [0.1, 0.15) is 17.9 Å². The fraction of sp³-hybridized carbons (Fsp3) is 0.500. The van der Waals surface area contributed by atoms with E-state index >= 15 is 0 Å². The third kappa shape index (κ3) is 5.80. The summed E-state index contributed by atoms with van der Waals surface area (Å²) in [7, 11) is 3.52. The molecule has 2 aliphatic heterocycles. The third-order valence-electron chi connectivity index (χ3n) is 5.43. The Bertz CT molecular complexity index is 939. The molecule has 1 aromatic heterocycles. The normalized spacial score (nSPS) is 18.1. The molecule has 3 aliphatic rings. The van der Waals surface area contributed by atoms with Crippen LogP contribution in [0.2, 0.25) is 0 Å². The first kappa shape index (κ1) is 23.6. The summed E-state index contributed by atoms with van der Waals surface area (Å²) in [5.74, 6) is 1.33. The number of rotatable bonds is 6. The van der Waals surface area contributed by atoms with E-state index in [1.165, 1.54) is 0 Å². The molecule has 0 spiro atoms. The van der Waals surface area contributed by atoms with E-state index in [1.807, 2.05) is 0 Å². The third-order valence-corrected chi connectivity index (χ3v) is 5.43.